The molecule has 0 unspecified atom stereocenters. The zero-order valence-electron chi connectivity index (χ0n) is 29.4. The predicted octanol–water partition coefficient (Wildman–Crippen LogP) is 13.8. The largest absolute Gasteiger partial charge is 0.309 e. The Bertz CT molecular complexity index is 3080. The first-order valence-electron chi connectivity index (χ1n) is 18.2. The van der Waals surface area contributed by atoms with Crippen molar-refractivity contribution in [1.29, 1.82) is 0 Å². The van der Waals surface area contributed by atoms with Gasteiger partial charge in [0, 0.05) is 53.1 Å². The van der Waals surface area contributed by atoms with Crippen LogP contribution in [0.4, 0.5) is 0 Å². The summed E-state index contributed by atoms with van der Waals surface area (Å²) in [6.45, 7) is 9.75. The second-order valence-corrected chi connectivity index (χ2v) is 17.1. The summed E-state index contributed by atoms with van der Waals surface area (Å²) in [6.07, 6.45) is 2.39. The number of para-hydroxylation sites is 1. The number of aromatic nitrogens is 2. The zero-order chi connectivity index (χ0) is 34.2. The number of nitrogens with zero attached hydrogens (tertiary/aromatic N) is 2. The van der Waals surface area contributed by atoms with Crippen molar-refractivity contribution in [1.82, 2.24) is 9.13 Å². The smallest absolute Gasteiger partial charge is 0.0562 e. The molecule has 0 saturated heterocycles. The fourth-order valence-electron chi connectivity index (χ4n) is 9.34. The van der Waals surface area contributed by atoms with Gasteiger partial charge >= 0.3 is 0 Å². The van der Waals surface area contributed by atoms with Crippen LogP contribution >= 0.6 is 11.3 Å². The minimum absolute atomic E-state index is 0.123. The first-order valence-corrected chi connectivity index (χ1v) is 19.0. The van der Waals surface area contributed by atoms with E-state index in [4.69, 9.17) is 0 Å². The molecule has 7 aromatic carbocycles. The van der Waals surface area contributed by atoms with Crippen LogP contribution in [0.15, 0.2) is 133 Å². The molecular formula is C48H38N2S. The van der Waals surface area contributed by atoms with Crippen molar-refractivity contribution in [3.63, 3.8) is 0 Å². The summed E-state index contributed by atoms with van der Waals surface area (Å²) in [4.78, 5) is 0. The molecule has 0 aliphatic heterocycles. The third kappa shape index (κ3) is 4.04. The Hall–Kier alpha value is -5.38. The van der Waals surface area contributed by atoms with Crippen LogP contribution in [0.5, 0.6) is 0 Å². The van der Waals surface area contributed by atoms with Crippen LogP contribution < -0.4 is 0 Å². The minimum Gasteiger partial charge on any atom is -0.309 e. The van der Waals surface area contributed by atoms with Gasteiger partial charge in [-0.05, 0) is 112 Å². The van der Waals surface area contributed by atoms with Crippen molar-refractivity contribution < 1.29 is 0 Å². The molecule has 10 aromatic rings. The van der Waals surface area contributed by atoms with E-state index in [-0.39, 0.29) is 10.8 Å². The number of benzene rings is 7. The van der Waals surface area contributed by atoms with Crippen LogP contribution in [0.3, 0.4) is 0 Å². The number of fused-ring (bicyclic) bond motifs is 12. The topological polar surface area (TPSA) is 9.86 Å². The maximum absolute atomic E-state index is 2.56. The van der Waals surface area contributed by atoms with Gasteiger partial charge in [0.15, 0.2) is 0 Å². The van der Waals surface area contributed by atoms with Crippen molar-refractivity contribution in [2.24, 2.45) is 0 Å². The van der Waals surface area contributed by atoms with Gasteiger partial charge in [0.2, 0.25) is 0 Å². The quantitative estimate of drug-likeness (QED) is 0.173. The molecule has 246 valence electrons. The van der Waals surface area contributed by atoms with E-state index >= 15 is 0 Å². The van der Waals surface area contributed by atoms with Crippen molar-refractivity contribution in [2.45, 2.75) is 51.4 Å². The van der Waals surface area contributed by atoms with Crippen LogP contribution in [0, 0.1) is 0 Å². The molecule has 0 bridgehead atoms. The van der Waals surface area contributed by atoms with E-state index in [1.165, 1.54) is 110 Å². The summed E-state index contributed by atoms with van der Waals surface area (Å²) >= 11 is 1.88. The lowest BCUT2D eigenvalue weighted by atomic mass is 9.63. The average Bonchev–Trinajstić information content (AvgIpc) is 3.79. The standard InChI is InChI=1S/C48H38N2S/c1-47(2)22-23-48(3,4)39-27-41-35(26-38(39)47)34-25-37-43(28-42(34)49(41)30-13-6-5-7-14-30)50(40-20-18-29-12-8-9-15-32(29)46(37)40)31-19-21-45-36(24-31)33-16-10-11-17-44(33)51-45/h5-21,24-28H,22-23H2,1-4H3. The molecule has 0 amide bonds. The maximum Gasteiger partial charge on any atom is 0.0562 e. The van der Waals surface area contributed by atoms with E-state index in [0.29, 0.717) is 0 Å². The Labute approximate surface area is 301 Å². The molecule has 0 fully saturated rings. The van der Waals surface area contributed by atoms with Crippen LogP contribution in [-0.2, 0) is 10.8 Å². The van der Waals surface area contributed by atoms with Crippen LogP contribution in [0.2, 0.25) is 0 Å². The summed E-state index contributed by atoms with van der Waals surface area (Å²) in [5, 5.41) is 10.5. The fourth-order valence-corrected chi connectivity index (χ4v) is 10.4. The van der Waals surface area contributed by atoms with Crippen molar-refractivity contribution in [3.05, 3.63) is 145 Å². The van der Waals surface area contributed by atoms with Gasteiger partial charge in [0.05, 0.1) is 22.1 Å². The highest BCUT2D eigenvalue weighted by molar-refractivity contribution is 7.25. The minimum atomic E-state index is 0.123. The zero-order valence-corrected chi connectivity index (χ0v) is 30.2. The van der Waals surface area contributed by atoms with E-state index < -0.39 is 0 Å². The summed E-state index contributed by atoms with van der Waals surface area (Å²) in [6, 6.07) is 50.5. The van der Waals surface area contributed by atoms with Crippen LogP contribution in [-0.4, -0.2) is 9.13 Å². The van der Waals surface area contributed by atoms with Gasteiger partial charge in [-0.25, -0.2) is 0 Å². The molecular weight excluding hydrogens is 637 g/mol. The monoisotopic (exact) mass is 674 g/mol. The molecule has 2 nitrogen and oxygen atoms in total. The molecule has 0 N–H and O–H groups in total. The number of hydrogen-bond acceptors (Lipinski definition) is 1. The van der Waals surface area contributed by atoms with E-state index in [2.05, 4.69) is 170 Å². The van der Waals surface area contributed by atoms with Gasteiger partial charge in [0.25, 0.3) is 0 Å². The highest BCUT2D eigenvalue weighted by Crippen LogP contribution is 2.50. The SMILES string of the molecule is CC1(C)CCC(C)(C)c2cc3c(cc21)c1cc2c4c5ccccc5ccc4n(-c4ccc5sc6ccccc6c5c4)c2cc1n3-c1ccccc1. The second kappa shape index (κ2) is 10.1. The summed E-state index contributed by atoms with van der Waals surface area (Å²) in [5.41, 5.74) is 10.7. The molecule has 11 rings (SSSR count). The molecule has 3 heterocycles. The molecule has 0 radical (unpaired) electrons. The normalized spacial score (nSPS) is 15.6. The van der Waals surface area contributed by atoms with E-state index in [1.54, 1.807) is 0 Å². The lowest BCUT2D eigenvalue weighted by Gasteiger charge is -2.42. The molecule has 0 atom stereocenters. The number of thiophene rings is 1. The van der Waals surface area contributed by atoms with Gasteiger partial charge < -0.3 is 9.13 Å². The molecule has 0 spiro atoms. The number of hydrogen-bond donors (Lipinski definition) is 0. The summed E-state index contributed by atoms with van der Waals surface area (Å²) < 4.78 is 7.71. The first-order chi connectivity index (χ1) is 24.8. The van der Waals surface area contributed by atoms with Crippen LogP contribution in [0.25, 0.3) is 85.9 Å². The van der Waals surface area contributed by atoms with E-state index in [9.17, 15) is 0 Å². The average molecular weight is 675 g/mol. The Balaban J connectivity index is 1.33. The lowest BCUT2D eigenvalue weighted by Crippen LogP contribution is -2.33. The summed E-state index contributed by atoms with van der Waals surface area (Å²) in [7, 11) is 0. The molecule has 3 aromatic heterocycles. The Kier molecular flexibility index (Phi) is 5.82. The fraction of sp³-hybridized carbons (Fsp3) is 0.167. The molecule has 1 aliphatic rings. The Morgan fingerprint density at radius 3 is 1.88 bits per heavy atom. The van der Waals surface area contributed by atoms with Crippen molar-refractivity contribution >= 4 is 85.9 Å². The Morgan fingerprint density at radius 2 is 1.06 bits per heavy atom. The van der Waals surface area contributed by atoms with Crippen molar-refractivity contribution in [3.8, 4) is 11.4 Å². The lowest BCUT2D eigenvalue weighted by molar-refractivity contribution is 0.332. The highest BCUT2D eigenvalue weighted by Gasteiger charge is 2.38. The highest BCUT2D eigenvalue weighted by atomic mass is 32.1. The molecule has 1 aliphatic carbocycles. The summed E-state index contributed by atoms with van der Waals surface area (Å²) in [5.74, 6) is 0. The molecule has 3 heteroatoms. The molecule has 0 saturated carbocycles. The van der Waals surface area contributed by atoms with Gasteiger partial charge in [0.1, 0.15) is 0 Å². The van der Waals surface area contributed by atoms with E-state index in [0.717, 1.165) is 0 Å². The first kappa shape index (κ1) is 29.4. The predicted molar refractivity (Wildman–Crippen MR) is 221 cm³/mol. The third-order valence-electron chi connectivity index (χ3n) is 12.1. The van der Waals surface area contributed by atoms with Crippen molar-refractivity contribution in [2.75, 3.05) is 0 Å². The third-order valence-corrected chi connectivity index (χ3v) is 13.3. The van der Waals surface area contributed by atoms with Gasteiger partial charge in [-0.2, -0.15) is 0 Å². The maximum atomic E-state index is 2.56. The Morgan fingerprint density at radius 1 is 0.431 bits per heavy atom. The second-order valence-electron chi connectivity index (χ2n) is 16.0. The van der Waals surface area contributed by atoms with Crippen LogP contribution in [0.1, 0.15) is 51.7 Å². The van der Waals surface area contributed by atoms with Gasteiger partial charge in [-0.15, -0.1) is 11.3 Å². The van der Waals surface area contributed by atoms with Gasteiger partial charge in [-0.3, -0.25) is 0 Å². The van der Waals surface area contributed by atoms with E-state index in [1.807, 2.05) is 11.3 Å². The van der Waals surface area contributed by atoms with Gasteiger partial charge in [-0.1, -0.05) is 94.4 Å². The number of rotatable bonds is 2. The molecule has 51 heavy (non-hydrogen) atoms.